The van der Waals surface area contributed by atoms with E-state index in [0.29, 0.717) is 37.6 Å². The number of sulfonamides is 1. The molecule has 134 valence electrons. The van der Waals surface area contributed by atoms with Crippen molar-refractivity contribution in [1.29, 1.82) is 0 Å². The van der Waals surface area contributed by atoms with Crippen LogP contribution in [0.1, 0.15) is 23.2 Å². The Morgan fingerprint density at radius 1 is 1.16 bits per heavy atom. The number of halogens is 2. The van der Waals surface area contributed by atoms with Gasteiger partial charge in [0.2, 0.25) is 10.0 Å². The summed E-state index contributed by atoms with van der Waals surface area (Å²) >= 11 is 0. The normalized spacial score (nSPS) is 16.2. The predicted molar refractivity (Wildman–Crippen MR) is 84.3 cm³/mol. The molecular weight excluding hydrogens is 354 g/mol. The molecule has 1 amide bonds. The Morgan fingerprint density at radius 2 is 1.88 bits per heavy atom. The van der Waals surface area contributed by atoms with Crippen LogP contribution in [0, 0.1) is 11.6 Å². The maximum absolute atomic E-state index is 13.2. The summed E-state index contributed by atoms with van der Waals surface area (Å²) in [6.07, 6.45) is 3.62. The number of likely N-dealkylation sites (tertiary alicyclic amines) is 1. The molecule has 9 heteroatoms. The Labute approximate surface area is 143 Å². The summed E-state index contributed by atoms with van der Waals surface area (Å²) in [5, 5.41) is 0. The molecule has 2 heterocycles. The van der Waals surface area contributed by atoms with Gasteiger partial charge < -0.3 is 9.32 Å². The van der Waals surface area contributed by atoms with Crippen LogP contribution < -0.4 is 4.72 Å². The number of rotatable bonds is 4. The zero-order chi connectivity index (χ0) is 18.0. The fourth-order valence-corrected chi connectivity index (χ4v) is 4.02. The van der Waals surface area contributed by atoms with Crippen molar-refractivity contribution in [2.45, 2.75) is 23.8 Å². The van der Waals surface area contributed by atoms with Crippen molar-refractivity contribution in [2.24, 2.45) is 0 Å². The molecule has 2 aromatic rings. The average Bonchev–Trinajstić information content (AvgIpc) is 3.11. The topological polar surface area (TPSA) is 79.6 Å². The van der Waals surface area contributed by atoms with Crippen molar-refractivity contribution >= 4 is 15.9 Å². The van der Waals surface area contributed by atoms with Gasteiger partial charge in [0.25, 0.3) is 5.91 Å². The molecule has 0 radical (unpaired) electrons. The van der Waals surface area contributed by atoms with Crippen molar-refractivity contribution < 1.29 is 26.4 Å². The van der Waals surface area contributed by atoms with Gasteiger partial charge in [-0.05, 0) is 37.1 Å². The molecule has 0 unspecified atom stereocenters. The maximum atomic E-state index is 13.2. The summed E-state index contributed by atoms with van der Waals surface area (Å²) in [7, 11) is -3.96. The lowest BCUT2D eigenvalue weighted by Gasteiger charge is -2.32. The second-order valence-electron chi connectivity index (χ2n) is 5.78. The highest BCUT2D eigenvalue weighted by Gasteiger charge is 2.27. The van der Waals surface area contributed by atoms with Crippen LogP contribution in [0.15, 0.2) is 46.1 Å². The van der Waals surface area contributed by atoms with Gasteiger partial charge in [0.05, 0.1) is 16.7 Å². The maximum Gasteiger partial charge on any atom is 0.257 e. The number of nitrogens with zero attached hydrogens (tertiary/aromatic N) is 1. The van der Waals surface area contributed by atoms with Crippen LogP contribution >= 0.6 is 0 Å². The van der Waals surface area contributed by atoms with Gasteiger partial charge in [-0.3, -0.25) is 4.79 Å². The van der Waals surface area contributed by atoms with Gasteiger partial charge in [-0.1, -0.05) is 0 Å². The van der Waals surface area contributed by atoms with Crippen molar-refractivity contribution in [3.8, 4) is 0 Å². The van der Waals surface area contributed by atoms with E-state index >= 15 is 0 Å². The van der Waals surface area contributed by atoms with Crippen LogP contribution in [0.3, 0.4) is 0 Å². The molecule has 0 aliphatic carbocycles. The molecule has 1 aliphatic heterocycles. The van der Waals surface area contributed by atoms with Crippen molar-refractivity contribution in [2.75, 3.05) is 13.1 Å². The Hall–Kier alpha value is -2.26. The minimum absolute atomic E-state index is 0.171. The summed E-state index contributed by atoms with van der Waals surface area (Å²) in [4.78, 5) is 13.5. The summed E-state index contributed by atoms with van der Waals surface area (Å²) in [6.45, 7) is 0.768. The third-order valence-electron chi connectivity index (χ3n) is 4.07. The highest BCUT2D eigenvalue weighted by Crippen LogP contribution is 2.18. The minimum atomic E-state index is -3.96. The SMILES string of the molecule is O=C(c1ccoc1)N1CCC(NS(=O)(=O)c2ccc(F)c(F)c2)CC1. The summed E-state index contributed by atoms with van der Waals surface area (Å²) in [6, 6.07) is 3.62. The van der Waals surface area contributed by atoms with Gasteiger partial charge in [-0.15, -0.1) is 0 Å². The first-order valence-corrected chi connectivity index (χ1v) is 9.14. The molecule has 1 fully saturated rings. The Bertz CT molecular complexity index is 860. The fourth-order valence-electron chi connectivity index (χ4n) is 2.70. The van der Waals surface area contributed by atoms with Gasteiger partial charge in [0, 0.05) is 19.1 Å². The molecular formula is C16H16F2N2O4S. The molecule has 0 saturated carbocycles. The zero-order valence-corrected chi connectivity index (χ0v) is 13.9. The second kappa shape index (κ2) is 6.93. The molecule has 1 aromatic carbocycles. The quantitative estimate of drug-likeness (QED) is 0.894. The standard InChI is InChI=1S/C16H16F2N2O4S/c17-14-2-1-13(9-15(14)18)25(22,23)19-12-3-6-20(7-4-12)16(21)11-5-8-24-10-11/h1-2,5,8-10,12,19H,3-4,6-7H2. The van der Waals surface area contributed by atoms with E-state index < -0.39 is 21.7 Å². The summed E-state index contributed by atoms with van der Waals surface area (Å²) in [5.41, 5.74) is 0.445. The molecule has 25 heavy (non-hydrogen) atoms. The van der Waals surface area contributed by atoms with E-state index in [9.17, 15) is 22.0 Å². The second-order valence-corrected chi connectivity index (χ2v) is 7.49. The fraction of sp³-hybridized carbons (Fsp3) is 0.312. The lowest BCUT2D eigenvalue weighted by Crippen LogP contribution is -2.46. The zero-order valence-electron chi connectivity index (χ0n) is 13.1. The highest BCUT2D eigenvalue weighted by atomic mass is 32.2. The number of hydrogen-bond acceptors (Lipinski definition) is 4. The van der Waals surface area contributed by atoms with E-state index in [0.717, 1.165) is 12.1 Å². The number of nitrogens with one attached hydrogen (secondary N) is 1. The molecule has 6 nitrogen and oxygen atoms in total. The number of furan rings is 1. The largest absolute Gasteiger partial charge is 0.472 e. The van der Waals surface area contributed by atoms with E-state index in [1.54, 1.807) is 11.0 Å². The van der Waals surface area contributed by atoms with E-state index in [-0.39, 0.29) is 16.8 Å². The van der Waals surface area contributed by atoms with E-state index in [1.165, 1.54) is 12.5 Å². The van der Waals surface area contributed by atoms with E-state index in [4.69, 9.17) is 4.42 Å². The lowest BCUT2D eigenvalue weighted by molar-refractivity contribution is 0.0710. The van der Waals surface area contributed by atoms with Gasteiger partial charge in [0.1, 0.15) is 6.26 Å². The third-order valence-corrected chi connectivity index (χ3v) is 5.59. The van der Waals surface area contributed by atoms with Crippen LogP contribution in [0.5, 0.6) is 0 Å². The molecule has 3 rings (SSSR count). The van der Waals surface area contributed by atoms with Gasteiger partial charge >= 0.3 is 0 Å². The van der Waals surface area contributed by atoms with Crippen LogP contribution in [0.2, 0.25) is 0 Å². The third kappa shape index (κ3) is 3.88. The summed E-state index contributed by atoms with van der Waals surface area (Å²) in [5.74, 6) is -2.50. The Balaban J connectivity index is 1.61. The van der Waals surface area contributed by atoms with Crippen molar-refractivity contribution in [1.82, 2.24) is 9.62 Å². The Morgan fingerprint density at radius 3 is 2.48 bits per heavy atom. The molecule has 1 N–H and O–H groups in total. The molecule has 1 aromatic heterocycles. The molecule has 1 saturated heterocycles. The van der Waals surface area contributed by atoms with Gasteiger partial charge in [0.15, 0.2) is 11.6 Å². The summed E-state index contributed by atoms with van der Waals surface area (Å²) < 4.78 is 58.1. The number of carbonyl (C=O) groups excluding carboxylic acids is 1. The van der Waals surface area contributed by atoms with Crippen molar-refractivity contribution in [3.05, 3.63) is 54.0 Å². The van der Waals surface area contributed by atoms with Crippen LogP contribution in [0.4, 0.5) is 8.78 Å². The van der Waals surface area contributed by atoms with Gasteiger partial charge in [-0.25, -0.2) is 21.9 Å². The first-order valence-electron chi connectivity index (χ1n) is 7.66. The molecule has 0 bridgehead atoms. The van der Waals surface area contributed by atoms with E-state index in [1.807, 2.05) is 0 Å². The molecule has 1 aliphatic rings. The smallest absolute Gasteiger partial charge is 0.257 e. The lowest BCUT2D eigenvalue weighted by atomic mass is 10.1. The van der Waals surface area contributed by atoms with Crippen LogP contribution in [0.25, 0.3) is 0 Å². The number of piperidine rings is 1. The van der Waals surface area contributed by atoms with Crippen molar-refractivity contribution in [3.63, 3.8) is 0 Å². The van der Waals surface area contributed by atoms with Gasteiger partial charge in [-0.2, -0.15) is 0 Å². The van der Waals surface area contributed by atoms with Crippen LogP contribution in [-0.4, -0.2) is 38.4 Å². The highest BCUT2D eigenvalue weighted by molar-refractivity contribution is 7.89. The Kier molecular flexibility index (Phi) is 4.87. The first-order chi connectivity index (χ1) is 11.9. The van der Waals surface area contributed by atoms with E-state index in [2.05, 4.69) is 4.72 Å². The number of benzene rings is 1. The molecule has 0 atom stereocenters. The minimum Gasteiger partial charge on any atom is -0.472 e. The van der Waals surface area contributed by atoms with Crippen LogP contribution in [-0.2, 0) is 10.0 Å². The molecule has 0 spiro atoms. The first kappa shape index (κ1) is 17.6. The predicted octanol–water partition coefficient (Wildman–Crippen LogP) is 2.14. The average molecular weight is 370 g/mol. The number of hydrogen-bond donors (Lipinski definition) is 1. The number of carbonyl (C=O) groups is 1. The number of amides is 1. The monoisotopic (exact) mass is 370 g/mol.